The third-order valence-electron chi connectivity index (χ3n) is 3.14. The monoisotopic (exact) mass is 356 g/mol. The molecule has 3 rings (SSSR count). The predicted molar refractivity (Wildman–Crippen MR) is 92.6 cm³/mol. The zero-order chi connectivity index (χ0) is 16.9. The molecule has 3 aromatic heterocycles. The Kier molecular flexibility index (Phi) is 4.88. The fourth-order valence-electron chi connectivity index (χ4n) is 1.98. The van der Waals surface area contributed by atoms with Crippen molar-refractivity contribution in [2.24, 2.45) is 7.05 Å². The smallest absolute Gasteiger partial charge is 0.235 e. The molecular formula is C15H12N6OS2. The van der Waals surface area contributed by atoms with Crippen molar-refractivity contribution in [3.05, 3.63) is 41.5 Å². The molecule has 0 fully saturated rings. The van der Waals surface area contributed by atoms with E-state index in [4.69, 9.17) is 5.26 Å². The molecule has 0 saturated heterocycles. The molecule has 0 aliphatic rings. The second-order valence-electron chi connectivity index (χ2n) is 4.71. The minimum Gasteiger partial charge on any atom is -0.316 e. The van der Waals surface area contributed by atoms with Crippen molar-refractivity contribution in [1.29, 1.82) is 5.26 Å². The number of nitrogens with one attached hydrogen (secondary N) is 1. The standard InChI is InChI=1S/C15H12N6OS2/c1-21-13(10-2-5-17-6-3-10)19-20-15(21)24-9-12(22)18-14-11(8-16)4-7-23-14/h2-7H,9H2,1H3,(H,18,22). The largest absolute Gasteiger partial charge is 0.316 e. The van der Waals surface area contributed by atoms with E-state index in [9.17, 15) is 4.79 Å². The van der Waals surface area contributed by atoms with E-state index < -0.39 is 0 Å². The number of thiophene rings is 1. The SMILES string of the molecule is Cn1c(SCC(=O)Nc2sccc2C#N)nnc1-c1ccncc1. The maximum Gasteiger partial charge on any atom is 0.235 e. The molecule has 0 atom stereocenters. The molecular weight excluding hydrogens is 344 g/mol. The van der Waals surface area contributed by atoms with Crippen molar-refractivity contribution in [3.8, 4) is 17.5 Å². The van der Waals surface area contributed by atoms with Crippen molar-refractivity contribution < 1.29 is 4.79 Å². The van der Waals surface area contributed by atoms with E-state index in [1.807, 2.05) is 29.8 Å². The molecule has 9 heteroatoms. The van der Waals surface area contributed by atoms with Crippen molar-refractivity contribution >= 4 is 34.0 Å². The van der Waals surface area contributed by atoms with Gasteiger partial charge in [-0.1, -0.05) is 11.8 Å². The van der Waals surface area contributed by atoms with Crippen LogP contribution in [0.1, 0.15) is 5.56 Å². The molecule has 3 heterocycles. The Hall–Kier alpha value is -2.70. The first-order valence-electron chi connectivity index (χ1n) is 6.89. The van der Waals surface area contributed by atoms with Gasteiger partial charge in [0.2, 0.25) is 5.91 Å². The van der Waals surface area contributed by atoms with Crippen LogP contribution in [0.2, 0.25) is 0 Å². The average molecular weight is 356 g/mol. The summed E-state index contributed by atoms with van der Waals surface area (Å²) in [5.74, 6) is 0.711. The minimum absolute atomic E-state index is 0.186. The number of pyridine rings is 1. The number of carbonyl (C=O) groups excluding carboxylic acids is 1. The second kappa shape index (κ2) is 7.25. The molecule has 0 aliphatic carbocycles. The predicted octanol–water partition coefficient (Wildman–Crippen LogP) is 2.54. The molecule has 24 heavy (non-hydrogen) atoms. The highest BCUT2D eigenvalue weighted by Crippen LogP contribution is 2.24. The maximum atomic E-state index is 12.0. The molecule has 7 nitrogen and oxygen atoms in total. The first-order valence-corrected chi connectivity index (χ1v) is 8.75. The van der Waals surface area contributed by atoms with Gasteiger partial charge in [0, 0.05) is 25.0 Å². The van der Waals surface area contributed by atoms with Crippen LogP contribution < -0.4 is 5.32 Å². The normalized spacial score (nSPS) is 10.3. The quantitative estimate of drug-likeness (QED) is 0.706. The minimum atomic E-state index is -0.188. The van der Waals surface area contributed by atoms with Gasteiger partial charge in [-0.3, -0.25) is 9.78 Å². The van der Waals surface area contributed by atoms with Crippen LogP contribution in [0.4, 0.5) is 5.00 Å². The van der Waals surface area contributed by atoms with Crippen molar-refractivity contribution in [1.82, 2.24) is 19.7 Å². The van der Waals surface area contributed by atoms with Gasteiger partial charge in [0.15, 0.2) is 11.0 Å². The number of thioether (sulfide) groups is 1. The van der Waals surface area contributed by atoms with Gasteiger partial charge < -0.3 is 9.88 Å². The number of hydrogen-bond donors (Lipinski definition) is 1. The zero-order valence-electron chi connectivity index (χ0n) is 12.6. The Labute approximate surface area is 146 Å². The number of nitrogens with zero attached hydrogens (tertiary/aromatic N) is 5. The summed E-state index contributed by atoms with van der Waals surface area (Å²) in [5.41, 5.74) is 1.38. The maximum absolute atomic E-state index is 12.0. The van der Waals surface area contributed by atoms with Crippen molar-refractivity contribution in [2.75, 3.05) is 11.1 Å². The lowest BCUT2D eigenvalue weighted by Gasteiger charge is -2.04. The van der Waals surface area contributed by atoms with Gasteiger partial charge in [-0.05, 0) is 23.6 Å². The summed E-state index contributed by atoms with van der Waals surface area (Å²) >= 11 is 2.62. The molecule has 120 valence electrons. The van der Waals surface area contributed by atoms with E-state index in [1.165, 1.54) is 23.1 Å². The van der Waals surface area contributed by atoms with Gasteiger partial charge in [0.1, 0.15) is 11.1 Å². The Morgan fingerprint density at radius 3 is 2.92 bits per heavy atom. The first kappa shape index (κ1) is 16.2. The highest BCUT2D eigenvalue weighted by molar-refractivity contribution is 7.99. The third kappa shape index (κ3) is 3.45. The summed E-state index contributed by atoms with van der Waals surface area (Å²) in [4.78, 5) is 16.0. The lowest BCUT2D eigenvalue weighted by molar-refractivity contribution is -0.113. The second-order valence-corrected chi connectivity index (χ2v) is 6.57. The number of rotatable bonds is 5. The number of nitriles is 1. The Morgan fingerprint density at radius 2 is 2.17 bits per heavy atom. The van der Waals surface area contributed by atoms with Gasteiger partial charge in [-0.15, -0.1) is 21.5 Å². The highest BCUT2D eigenvalue weighted by Gasteiger charge is 2.14. The van der Waals surface area contributed by atoms with E-state index in [1.54, 1.807) is 23.8 Å². The Morgan fingerprint density at radius 1 is 1.38 bits per heavy atom. The van der Waals surface area contributed by atoms with Crippen LogP contribution in [0.15, 0.2) is 41.1 Å². The summed E-state index contributed by atoms with van der Waals surface area (Å²) in [6.45, 7) is 0. The topological polar surface area (TPSA) is 96.5 Å². The summed E-state index contributed by atoms with van der Waals surface area (Å²) in [6, 6.07) is 7.43. The number of carbonyl (C=O) groups is 1. The lowest BCUT2D eigenvalue weighted by atomic mass is 10.2. The molecule has 0 aliphatic heterocycles. The fraction of sp³-hybridized carbons (Fsp3) is 0.133. The molecule has 0 bridgehead atoms. The fourth-order valence-corrected chi connectivity index (χ4v) is 3.44. The van der Waals surface area contributed by atoms with Crippen LogP contribution in [0.5, 0.6) is 0 Å². The Balaban J connectivity index is 1.64. The highest BCUT2D eigenvalue weighted by atomic mass is 32.2. The van der Waals surface area contributed by atoms with Crippen molar-refractivity contribution in [3.63, 3.8) is 0 Å². The number of aromatic nitrogens is 4. The molecule has 0 spiro atoms. The molecule has 1 amide bonds. The summed E-state index contributed by atoms with van der Waals surface area (Å²) in [5, 5.41) is 22.9. The van der Waals surface area contributed by atoms with E-state index in [-0.39, 0.29) is 11.7 Å². The Bertz CT molecular complexity index is 896. The van der Waals surface area contributed by atoms with Crippen LogP contribution in [-0.4, -0.2) is 31.4 Å². The first-order chi connectivity index (χ1) is 11.7. The van der Waals surface area contributed by atoms with Gasteiger partial charge in [0.25, 0.3) is 0 Å². The van der Waals surface area contributed by atoms with Crippen LogP contribution in [0.3, 0.4) is 0 Å². The number of anilines is 1. The van der Waals surface area contributed by atoms with E-state index >= 15 is 0 Å². The molecule has 0 unspecified atom stereocenters. The van der Waals surface area contributed by atoms with Gasteiger partial charge in [0.05, 0.1) is 11.3 Å². The van der Waals surface area contributed by atoms with E-state index in [0.717, 1.165) is 5.56 Å². The average Bonchev–Trinajstić information content (AvgIpc) is 3.20. The number of amides is 1. The van der Waals surface area contributed by atoms with Crippen LogP contribution >= 0.6 is 23.1 Å². The molecule has 1 N–H and O–H groups in total. The van der Waals surface area contributed by atoms with Crippen LogP contribution in [0, 0.1) is 11.3 Å². The molecule has 0 saturated carbocycles. The lowest BCUT2D eigenvalue weighted by Crippen LogP contribution is -2.14. The van der Waals surface area contributed by atoms with E-state index in [2.05, 4.69) is 20.5 Å². The molecule has 3 aromatic rings. The third-order valence-corrected chi connectivity index (χ3v) is 4.99. The number of hydrogen-bond acceptors (Lipinski definition) is 7. The van der Waals surface area contributed by atoms with E-state index in [0.29, 0.717) is 21.5 Å². The zero-order valence-corrected chi connectivity index (χ0v) is 14.3. The van der Waals surface area contributed by atoms with Crippen molar-refractivity contribution in [2.45, 2.75) is 5.16 Å². The van der Waals surface area contributed by atoms with Gasteiger partial charge in [-0.25, -0.2) is 0 Å². The summed E-state index contributed by atoms with van der Waals surface area (Å²) in [6.07, 6.45) is 3.39. The van der Waals surface area contributed by atoms with Crippen LogP contribution in [-0.2, 0) is 11.8 Å². The van der Waals surface area contributed by atoms with Gasteiger partial charge >= 0.3 is 0 Å². The van der Waals surface area contributed by atoms with Gasteiger partial charge in [-0.2, -0.15) is 5.26 Å². The van der Waals surface area contributed by atoms with Crippen LogP contribution in [0.25, 0.3) is 11.4 Å². The molecule has 0 radical (unpaired) electrons. The summed E-state index contributed by atoms with van der Waals surface area (Å²) < 4.78 is 1.83. The molecule has 0 aromatic carbocycles. The summed E-state index contributed by atoms with van der Waals surface area (Å²) in [7, 11) is 1.85.